The van der Waals surface area contributed by atoms with Crippen molar-refractivity contribution in [3.8, 4) is 11.1 Å². The number of benzene rings is 8. The molecule has 0 nitrogen and oxygen atoms in total. The molecule has 256 valence electrons. The van der Waals surface area contributed by atoms with Crippen molar-refractivity contribution in [2.75, 3.05) is 0 Å². The van der Waals surface area contributed by atoms with Gasteiger partial charge >= 0.3 is 0 Å². The van der Waals surface area contributed by atoms with Crippen LogP contribution in [0.5, 0.6) is 0 Å². The number of fused-ring (bicyclic) bond motifs is 2. The summed E-state index contributed by atoms with van der Waals surface area (Å²) < 4.78 is 0. The molecule has 0 bridgehead atoms. The molecule has 0 heterocycles. The fourth-order valence-electron chi connectivity index (χ4n) is 5.51. The summed E-state index contributed by atoms with van der Waals surface area (Å²) in [6, 6.07) is 67.6. The molecule has 0 aliphatic carbocycles. The zero-order valence-corrected chi connectivity index (χ0v) is 31.2. The summed E-state index contributed by atoms with van der Waals surface area (Å²) in [5.41, 5.74) is 10.6. The van der Waals surface area contributed by atoms with Crippen molar-refractivity contribution in [3.63, 3.8) is 0 Å². The molecular weight excluding hydrogens is 613 g/mol. The number of hydrogen-bond donors (Lipinski definition) is 0. The second-order valence-corrected chi connectivity index (χ2v) is 12.8. The molecule has 51 heavy (non-hydrogen) atoms. The van der Waals surface area contributed by atoms with E-state index < -0.39 is 0 Å². The highest BCUT2D eigenvalue weighted by Crippen LogP contribution is 2.20. The summed E-state index contributed by atoms with van der Waals surface area (Å²) >= 11 is 0. The van der Waals surface area contributed by atoms with E-state index in [1.165, 1.54) is 66.1 Å². The van der Waals surface area contributed by atoms with Crippen molar-refractivity contribution in [2.45, 2.75) is 48.0 Å². The lowest BCUT2D eigenvalue weighted by molar-refractivity contribution is 1.14. The topological polar surface area (TPSA) is 0 Å². The van der Waals surface area contributed by atoms with Crippen LogP contribution < -0.4 is 0 Å². The van der Waals surface area contributed by atoms with Crippen molar-refractivity contribution in [1.29, 1.82) is 0 Å². The summed E-state index contributed by atoms with van der Waals surface area (Å²) in [4.78, 5) is 0. The zero-order valence-electron chi connectivity index (χ0n) is 31.2. The molecule has 0 unspecified atom stereocenters. The third-order valence-corrected chi connectivity index (χ3v) is 8.64. The molecule has 0 atom stereocenters. The van der Waals surface area contributed by atoms with Gasteiger partial charge in [0.05, 0.1) is 0 Å². The maximum atomic E-state index is 2.17. The summed E-state index contributed by atoms with van der Waals surface area (Å²) in [6.07, 6.45) is 1.14. The predicted molar refractivity (Wildman–Crippen MR) is 226 cm³/mol. The Bertz CT molecular complexity index is 2010. The quantitative estimate of drug-likeness (QED) is 0.173. The van der Waals surface area contributed by atoms with Gasteiger partial charge in [-0.2, -0.15) is 0 Å². The van der Waals surface area contributed by atoms with Gasteiger partial charge in [-0.1, -0.05) is 218 Å². The van der Waals surface area contributed by atoms with Gasteiger partial charge in [0.15, 0.2) is 0 Å². The van der Waals surface area contributed by atoms with Gasteiger partial charge in [0.1, 0.15) is 0 Å². The van der Waals surface area contributed by atoms with Crippen molar-refractivity contribution in [1.82, 2.24) is 0 Å². The fourth-order valence-corrected chi connectivity index (χ4v) is 5.51. The van der Waals surface area contributed by atoms with E-state index >= 15 is 0 Å². The molecule has 0 aliphatic rings. The molecule has 0 fully saturated rings. The second kappa shape index (κ2) is 20.7. The van der Waals surface area contributed by atoms with E-state index in [1.54, 1.807) is 0 Å². The summed E-state index contributed by atoms with van der Waals surface area (Å²) in [5, 5.41) is 5.37. The normalized spacial score (nSPS) is 9.84. The Labute approximate surface area is 307 Å². The first-order valence-corrected chi connectivity index (χ1v) is 17.9. The average molecular weight is 665 g/mol. The number of aryl methyl sites for hydroxylation is 6. The van der Waals surface area contributed by atoms with Crippen LogP contribution in [0.2, 0.25) is 0 Å². The molecule has 0 heteroatoms. The van der Waals surface area contributed by atoms with E-state index in [2.05, 4.69) is 211 Å². The average Bonchev–Trinajstić information content (AvgIpc) is 3.18. The van der Waals surface area contributed by atoms with Crippen LogP contribution in [0.1, 0.15) is 40.3 Å². The minimum absolute atomic E-state index is 1.14. The summed E-state index contributed by atoms with van der Waals surface area (Å²) in [5.74, 6) is 0. The van der Waals surface area contributed by atoms with E-state index in [-0.39, 0.29) is 0 Å². The lowest BCUT2D eigenvalue weighted by atomic mass is 10.0. The van der Waals surface area contributed by atoms with Crippen LogP contribution in [0.4, 0.5) is 0 Å². The smallest absolute Gasteiger partial charge is 0.0155 e. The minimum Gasteiger partial charge on any atom is -0.0622 e. The summed E-state index contributed by atoms with van der Waals surface area (Å²) in [6.45, 7) is 12.7. The van der Waals surface area contributed by atoms with E-state index in [0.717, 1.165) is 6.42 Å². The molecule has 0 saturated heterocycles. The third-order valence-electron chi connectivity index (χ3n) is 8.64. The molecule has 8 aromatic carbocycles. The number of hydrogen-bond acceptors (Lipinski definition) is 0. The van der Waals surface area contributed by atoms with Crippen LogP contribution in [0.3, 0.4) is 0 Å². The van der Waals surface area contributed by atoms with E-state index in [0.29, 0.717) is 0 Å². The van der Waals surface area contributed by atoms with Crippen LogP contribution in [0.25, 0.3) is 32.7 Å². The Hall–Kier alpha value is -5.72. The van der Waals surface area contributed by atoms with Gasteiger partial charge in [0.25, 0.3) is 0 Å². The van der Waals surface area contributed by atoms with Crippen LogP contribution >= 0.6 is 0 Å². The Morgan fingerprint density at radius 2 is 0.627 bits per heavy atom. The van der Waals surface area contributed by atoms with Crippen molar-refractivity contribution >= 4 is 21.5 Å². The highest BCUT2D eigenvalue weighted by atomic mass is 14.0. The first kappa shape index (κ1) is 38.1. The predicted octanol–water partition coefficient (Wildman–Crippen LogP) is 14.5. The molecule has 8 rings (SSSR count). The Balaban J connectivity index is 0.000000146. The maximum absolute atomic E-state index is 2.17. The fraction of sp³-hybridized carbons (Fsp3) is 0.137. The van der Waals surface area contributed by atoms with Gasteiger partial charge in [0.2, 0.25) is 0 Å². The third kappa shape index (κ3) is 12.9. The maximum Gasteiger partial charge on any atom is -0.0155 e. The highest BCUT2D eigenvalue weighted by Gasteiger charge is 1.96. The van der Waals surface area contributed by atoms with Gasteiger partial charge in [-0.05, 0) is 90.4 Å². The minimum atomic E-state index is 1.14. The van der Waals surface area contributed by atoms with Crippen LogP contribution in [0, 0.1) is 34.6 Å². The second-order valence-electron chi connectivity index (χ2n) is 12.8. The van der Waals surface area contributed by atoms with Gasteiger partial charge < -0.3 is 0 Å². The Morgan fingerprint density at radius 1 is 0.294 bits per heavy atom. The van der Waals surface area contributed by atoms with Crippen LogP contribution in [0.15, 0.2) is 194 Å². The lowest BCUT2D eigenvalue weighted by Gasteiger charge is -2.02. The molecule has 0 spiro atoms. The largest absolute Gasteiger partial charge is 0.0622 e. The van der Waals surface area contributed by atoms with Crippen molar-refractivity contribution in [3.05, 3.63) is 228 Å². The van der Waals surface area contributed by atoms with Crippen LogP contribution in [-0.2, 0) is 6.42 Å². The zero-order chi connectivity index (χ0) is 36.3. The molecular formula is C51H52. The van der Waals surface area contributed by atoms with Gasteiger partial charge in [-0.3, -0.25) is 0 Å². The molecule has 0 aliphatic heterocycles. The standard InChI is InChI=1S/C14H14.2C11H10.C8H10.C7H8/c1-11-3-7-13(8-4-11)14-9-5-12(2)6-10-14;2*1-9-5-4-7-10-6-2-3-8-11(9)10;1-2-8-6-4-3-5-7-8;1-7-5-3-2-4-6-7/h3-10H,1-2H3;2*2-8H,1H3;3-7H,2H2,1H3;2-6H,1H3. The molecule has 8 aromatic rings. The van der Waals surface area contributed by atoms with Crippen molar-refractivity contribution < 1.29 is 0 Å². The van der Waals surface area contributed by atoms with Crippen LogP contribution in [-0.4, -0.2) is 0 Å². The van der Waals surface area contributed by atoms with Gasteiger partial charge in [-0.25, -0.2) is 0 Å². The van der Waals surface area contributed by atoms with Gasteiger partial charge in [0, 0.05) is 0 Å². The monoisotopic (exact) mass is 664 g/mol. The lowest BCUT2D eigenvalue weighted by Crippen LogP contribution is -1.78. The van der Waals surface area contributed by atoms with Gasteiger partial charge in [-0.15, -0.1) is 0 Å². The van der Waals surface area contributed by atoms with E-state index in [1.807, 2.05) is 24.3 Å². The molecule has 0 saturated carbocycles. The molecule has 0 N–H and O–H groups in total. The Kier molecular flexibility index (Phi) is 15.5. The first-order chi connectivity index (χ1) is 24.8. The van der Waals surface area contributed by atoms with Crippen molar-refractivity contribution in [2.24, 2.45) is 0 Å². The van der Waals surface area contributed by atoms with E-state index in [9.17, 15) is 0 Å². The summed E-state index contributed by atoms with van der Waals surface area (Å²) in [7, 11) is 0. The Morgan fingerprint density at radius 3 is 0.961 bits per heavy atom. The molecule has 0 radical (unpaired) electrons. The number of rotatable bonds is 2. The highest BCUT2D eigenvalue weighted by molar-refractivity contribution is 5.86. The molecule has 0 aromatic heterocycles. The molecule has 0 amide bonds. The first-order valence-electron chi connectivity index (χ1n) is 17.9. The van der Waals surface area contributed by atoms with E-state index in [4.69, 9.17) is 0 Å². The SMILES string of the molecule is CCc1ccccc1.Cc1ccc(-c2ccc(C)cc2)cc1.Cc1cccc2ccccc12.Cc1cccc2ccccc12.Cc1ccccc1.